The number of pyridine rings is 1. The first-order valence-corrected chi connectivity index (χ1v) is 8.18. The van der Waals surface area contributed by atoms with Gasteiger partial charge in [-0.3, -0.25) is 15.1 Å². The summed E-state index contributed by atoms with van der Waals surface area (Å²) in [6.45, 7) is 2.16. The molecule has 1 unspecified atom stereocenters. The van der Waals surface area contributed by atoms with E-state index in [1.807, 2.05) is 31.2 Å². The van der Waals surface area contributed by atoms with Gasteiger partial charge in [-0.2, -0.15) is 0 Å². The van der Waals surface area contributed by atoms with E-state index in [-0.39, 0.29) is 18.8 Å². The van der Waals surface area contributed by atoms with Crippen LogP contribution in [0.1, 0.15) is 5.56 Å². The molecule has 1 atom stereocenters. The summed E-state index contributed by atoms with van der Waals surface area (Å²) in [5.74, 6) is 0.673. The van der Waals surface area contributed by atoms with Gasteiger partial charge in [0.15, 0.2) is 0 Å². The van der Waals surface area contributed by atoms with Crippen LogP contribution >= 0.6 is 0 Å². The number of aliphatic hydroxyl groups excluding tert-OH is 1. The van der Waals surface area contributed by atoms with Gasteiger partial charge in [0.2, 0.25) is 0 Å². The molecule has 0 spiro atoms. The van der Waals surface area contributed by atoms with E-state index in [1.165, 1.54) is 0 Å². The maximum atomic E-state index is 11.5. The van der Waals surface area contributed by atoms with Crippen LogP contribution in [0.3, 0.4) is 0 Å². The standard InChI is InChI=1S/C19H19N3O4/c1-13-4-2-5-15(10-13)26-12-14(23)11-21-18-8-7-17-16(6-3-9-20-17)19(18)22(24)25/h2-10,14,21,23H,11-12H2,1H3. The van der Waals surface area contributed by atoms with Crippen molar-refractivity contribution in [1.29, 1.82) is 0 Å². The van der Waals surface area contributed by atoms with Crippen LogP contribution in [0.2, 0.25) is 0 Å². The molecule has 26 heavy (non-hydrogen) atoms. The van der Waals surface area contributed by atoms with Crippen LogP contribution in [0.4, 0.5) is 11.4 Å². The van der Waals surface area contributed by atoms with Crippen LogP contribution in [0.25, 0.3) is 10.9 Å². The van der Waals surface area contributed by atoms with Crippen molar-refractivity contribution in [2.75, 3.05) is 18.5 Å². The highest BCUT2D eigenvalue weighted by molar-refractivity contribution is 5.94. The van der Waals surface area contributed by atoms with Crippen molar-refractivity contribution >= 4 is 22.3 Å². The number of aromatic nitrogens is 1. The van der Waals surface area contributed by atoms with Crippen molar-refractivity contribution in [3.8, 4) is 5.75 Å². The molecule has 0 fully saturated rings. The Labute approximate surface area is 150 Å². The van der Waals surface area contributed by atoms with E-state index >= 15 is 0 Å². The third-order valence-electron chi connectivity index (χ3n) is 3.90. The number of aryl methyl sites for hydroxylation is 1. The Hall–Kier alpha value is -3.19. The Balaban J connectivity index is 1.67. The lowest BCUT2D eigenvalue weighted by molar-refractivity contribution is -0.382. The van der Waals surface area contributed by atoms with Crippen LogP contribution in [0.15, 0.2) is 54.7 Å². The number of hydrogen-bond donors (Lipinski definition) is 2. The molecule has 0 saturated carbocycles. The largest absolute Gasteiger partial charge is 0.491 e. The average Bonchev–Trinajstić information content (AvgIpc) is 2.64. The smallest absolute Gasteiger partial charge is 0.301 e. The maximum Gasteiger partial charge on any atom is 0.301 e. The molecule has 7 heteroatoms. The molecule has 0 bridgehead atoms. The van der Waals surface area contributed by atoms with Crippen molar-refractivity contribution < 1.29 is 14.8 Å². The van der Waals surface area contributed by atoms with E-state index < -0.39 is 11.0 Å². The van der Waals surface area contributed by atoms with Gasteiger partial charge in [-0.05, 0) is 48.9 Å². The minimum Gasteiger partial charge on any atom is -0.491 e. The lowest BCUT2D eigenvalue weighted by Gasteiger charge is -2.15. The number of nitro benzene ring substituents is 1. The second kappa shape index (κ2) is 7.79. The van der Waals surface area contributed by atoms with E-state index in [9.17, 15) is 15.2 Å². The van der Waals surface area contributed by atoms with Crippen molar-refractivity contribution in [3.63, 3.8) is 0 Å². The number of aliphatic hydroxyl groups is 1. The fourth-order valence-electron chi connectivity index (χ4n) is 2.66. The zero-order chi connectivity index (χ0) is 18.5. The molecule has 134 valence electrons. The average molecular weight is 353 g/mol. The SMILES string of the molecule is Cc1cccc(OCC(O)CNc2ccc3ncccc3c2[N+](=O)[O-])c1. The Morgan fingerprint density at radius 2 is 2.12 bits per heavy atom. The highest BCUT2D eigenvalue weighted by Gasteiger charge is 2.19. The van der Waals surface area contributed by atoms with E-state index in [0.717, 1.165) is 5.56 Å². The van der Waals surface area contributed by atoms with Gasteiger partial charge in [-0.1, -0.05) is 12.1 Å². The van der Waals surface area contributed by atoms with Gasteiger partial charge in [0.05, 0.1) is 15.8 Å². The lowest BCUT2D eigenvalue weighted by Crippen LogP contribution is -2.26. The van der Waals surface area contributed by atoms with E-state index in [1.54, 1.807) is 30.5 Å². The van der Waals surface area contributed by atoms with Gasteiger partial charge >= 0.3 is 5.69 Å². The fraction of sp³-hybridized carbons (Fsp3) is 0.211. The highest BCUT2D eigenvalue weighted by Crippen LogP contribution is 2.32. The number of ether oxygens (including phenoxy) is 1. The molecule has 1 heterocycles. The fourth-order valence-corrected chi connectivity index (χ4v) is 2.66. The predicted octanol–water partition coefficient (Wildman–Crippen LogP) is 3.30. The molecule has 3 aromatic rings. The Bertz CT molecular complexity index is 930. The Morgan fingerprint density at radius 1 is 1.27 bits per heavy atom. The molecule has 2 N–H and O–H groups in total. The van der Waals surface area contributed by atoms with Gasteiger partial charge in [0.25, 0.3) is 0 Å². The summed E-state index contributed by atoms with van der Waals surface area (Å²) in [4.78, 5) is 15.2. The van der Waals surface area contributed by atoms with Crippen LogP contribution in [0, 0.1) is 17.0 Å². The predicted molar refractivity (Wildman–Crippen MR) is 99.6 cm³/mol. The van der Waals surface area contributed by atoms with Crippen LogP contribution in [-0.2, 0) is 0 Å². The quantitative estimate of drug-likeness (QED) is 0.500. The number of nitro groups is 1. The number of hydrogen-bond acceptors (Lipinski definition) is 6. The summed E-state index contributed by atoms with van der Waals surface area (Å²) < 4.78 is 5.55. The van der Waals surface area contributed by atoms with Crippen molar-refractivity contribution in [2.24, 2.45) is 0 Å². The second-order valence-corrected chi connectivity index (χ2v) is 5.95. The van der Waals surface area contributed by atoms with Crippen LogP contribution in [-0.4, -0.2) is 34.3 Å². The second-order valence-electron chi connectivity index (χ2n) is 5.95. The van der Waals surface area contributed by atoms with Gasteiger partial charge < -0.3 is 15.2 Å². The highest BCUT2D eigenvalue weighted by atomic mass is 16.6. The summed E-state index contributed by atoms with van der Waals surface area (Å²) in [5.41, 5.74) is 1.90. The monoisotopic (exact) mass is 353 g/mol. The maximum absolute atomic E-state index is 11.5. The molecule has 0 amide bonds. The third kappa shape index (κ3) is 4.07. The zero-order valence-corrected chi connectivity index (χ0v) is 14.3. The first-order valence-electron chi connectivity index (χ1n) is 8.18. The molecule has 2 aromatic carbocycles. The van der Waals surface area contributed by atoms with Crippen molar-refractivity contribution in [1.82, 2.24) is 4.98 Å². The third-order valence-corrected chi connectivity index (χ3v) is 3.90. The topological polar surface area (TPSA) is 97.5 Å². The molecule has 0 aliphatic carbocycles. The summed E-state index contributed by atoms with van der Waals surface area (Å²) >= 11 is 0. The molecule has 0 saturated heterocycles. The van der Waals surface area contributed by atoms with E-state index in [4.69, 9.17) is 4.74 Å². The zero-order valence-electron chi connectivity index (χ0n) is 14.3. The van der Waals surface area contributed by atoms with Gasteiger partial charge in [0.1, 0.15) is 24.1 Å². The normalized spacial score (nSPS) is 11.9. The number of fused-ring (bicyclic) bond motifs is 1. The number of nitrogens with zero attached hydrogens (tertiary/aromatic N) is 2. The summed E-state index contributed by atoms with van der Waals surface area (Å²) in [6.07, 6.45) is 0.769. The molecule has 3 rings (SSSR count). The van der Waals surface area contributed by atoms with E-state index in [2.05, 4.69) is 10.3 Å². The molecule has 0 radical (unpaired) electrons. The van der Waals surface area contributed by atoms with E-state index in [0.29, 0.717) is 22.3 Å². The van der Waals surface area contributed by atoms with Gasteiger partial charge in [0, 0.05) is 12.7 Å². The number of anilines is 1. The van der Waals surface area contributed by atoms with Gasteiger partial charge in [-0.25, -0.2) is 0 Å². The van der Waals surface area contributed by atoms with Crippen LogP contribution in [0.5, 0.6) is 5.75 Å². The molecular formula is C19H19N3O4. The molecule has 0 aliphatic heterocycles. The number of rotatable bonds is 7. The Morgan fingerprint density at radius 3 is 2.88 bits per heavy atom. The molecule has 1 aromatic heterocycles. The summed E-state index contributed by atoms with van der Waals surface area (Å²) in [7, 11) is 0. The van der Waals surface area contributed by atoms with Crippen LogP contribution < -0.4 is 10.1 Å². The molecule has 7 nitrogen and oxygen atoms in total. The number of benzene rings is 2. The number of nitrogens with one attached hydrogen (secondary N) is 1. The van der Waals surface area contributed by atoms with Gasteiger partial charge in [-0.15, -0.1) is 0 Å². The molecular weight excluding hydrogens is 334 g/mol. The molecule has 0 aliphatic rings. The summed E-state index contributed by atoms with van der Waals surface area (Å²) in [5, 5.41) is 25.0. The first kappa shape index (κ1) is 17.6. The minimum absolute atomic E-state index is 0.0533. The van der Waals surface area contributed by atoms with Crippen molar-refractivity contribution in [3.05, 3.63) is 70.4 Å². The lowest BCUT2D eigenvalue weighted by atomic mass is 10.1. The van der Waals surface area contributed by atoms with Crippen molar-refractivity contribution in [2.45, 2.75) is 13.0 Å². The first-order chi connectivity index (χ1) is 12.5. The Kier molecular flexibility index (Phi) is 5.28. The summed E-state index contributed by atoms with van der Waals surface area (Å²) in [6, 6.07) is 14.1. The minimum atomic E-state index is -0.820.